The summed E-state index contributed by atoms with van der Waals surface area (Å²) in [6.45, 7) is 1.82. The van der Waals surface area contributed by atoms with Crippen molar-refractivity contribution in [3.05, 3.63) is 87.8 Å². The molecule has 1 heterocycles. The van der Waals surface area contributed by atoms with E-state index in [-0.39, 0.29) is 25.2 Å². The molecule has 0 saturated heterocycles. The third-order valence-electron chi connectivity index (χ3n) is 5.67. The van der Waals surface area contributed by atoms with Crippen LogP contribution in [0.5, 0.6) is 5.75 Å². The topological polar surface area (TPSA) is 97.6 Å². The van der Waals surface area contributed by atoms with E-state index in [9.17, 15) is 14.4 Å². The molecule has 7 heteroatoms. The van der Waals surface area contributed by atoms with Crippen LogP contribution in [-0.4, -0.2) is 18.9 Å². The van der Waals surface area contributed by atoms with Gasteiger partial charge in [0.1, 0.15) is 11.3 Å². The van der Waals surface area contributed by atoms with Crippen molar-refractivity contribution in [1.82, 2.24) is 10.9 Å². The van der Waals surface area contributed by atoms with Crippen LogP contribution in [0.25, 0.3) is 21.7 Å². The Kier molecular flexibility index (Phi) is 6.40. The lowest BCUT2D eigenvalue weighted by Gasteiger charge is -2.10. The van der Waals surface area contributed by atoms with Gasteiger partial charge in [-0.1, -0.05) is 42.5 Å². The molecule has 3 aromatic carbocycles. The van der Waals surface area contributed by atoms with Crippen LogP contribution < -0.4 is 21.2 Å². The van der Waals surface area contributed by atoms with E-state index in [0.29, 0.717) is 16.9 Å². The monoisotopic (exact) mass is 444 g/mol. The zero-order valence-electron chi connectivity index (χ0n) is 18.4. The lowest BCUT2D eigenvalue weighted by atomic mass is 10.0. The fourth-order valence-corrected chi connectivity index (χ4v) is 3.89. The molecule has 0 saturated carbocycles. The molecule has 2 N–H and O–H groups in total. The second kappa shape index (κ2) is 9.56. The number of hydrogen-bond donors (Lipinski definition) is 2. The molecule has 168 valence electrons. The Bertz CT molecular complexity index is 1400. The van der Waals surface area contributed by atoms with E-state index in [0.717, 1.165) is 27.3 Å². The third-order valence-corrected chi connectivity index (χ3v) is 5.67. The number of hydrogen-bond acceptors (Lipinski definition) is 5. The largest absolute Gasteiger partial charge is 0.497 e. The van der Waals surface area contributed by atoms with Crippen LogP contribution in [0.15, 0.2) is 69.9 Å². The minimum absolute atomic E-state index is 0.0296. The quantitative estimate of drug-likeness (QED) is 0.350. The van der Waals surface area contributed by atoms with Gasteiger partial charge < -0.3 is 9.15 Å². The summed E-state index contributed by atoms with van der Waals surface area (Å²) >= 11 is 0. The number of amides is 2. The van der Waals surface area contributed by atoms with Gasteiger partial charge in [-0.2, -0.15) is 0 Å². The molecule has 1 aromatic heterocycles. The molecule has 0 aliphatic carbocycles. The van der Waals surface area contributed by atoms with Crippen molar-refractivity contribution in [3.8, 4) is 5.75 Å². The summed E-state index contributed by atoms with van der Waals surface area (Å²) in [7, 11) is 1.54. The molecular formula is C26H24N2O5. The highest BCUT2D eigenvalue weighted by Gasteiger charge is 2.14. The van der Waals surface area contributed by atoms with Crippen LogP contribution in [-0.2, 0) is 22.4 Å². The van der Waals surface area contributed by atoms with E-state index in [4.69, 9.17) is 9.15 Å². The van der Waals surface area contributed by atoms with Crippen molar-refractivity contribution in [2.24, 2.45) is 0 Å². The number of methoxy groups -OCH3 is 1. The van der Waals surface area contributed by atoms with E-state index < -0.39 is 11.5 Å². The summed E-state index contributed by atoms with van der Waals surface area (Å²) in [5.41, 5.74) is 6.90. The van der Waals surface area contributed by atoms with Gasteiger partial charge in [0.2, 0.25) is 11.8 Å². The van der Waals surface area contributed by atoms with Gasteiger partial charge in [0.05, 0.1) is 13.5 Å². The molecule has 0 bridgehead atoms. The molecular weight excluding hydrogens is 420 g/mol. The van der Waals surface area contributed by atoms with Crippen LogP contribution >= 0.6 is 0 Å². The van der Waals surface area contributed by atoms with E-state index in [2.05, 4.69) is 10.9 Å². The standard InChI is InChI=1S/C26H24N2O5/c1-16-20-11-10-19(32-2)15-23(20)33-26(31)21(16)12-13-24(29)27-28-25(30)14-18-8-5-7-17-6-3-4-9-22(17)18/h3-11,15H,12-14H2,1-2H3,(H,27,29)(H,28,30). The SMILES string of the molecule is COc1ccc2c(C)c(CCC(=O)NNC(=O)Cc3cccc4ccccc34)c(=O)oc2c1. The summed E-state index contributed by atoms with van der Waals surface area (Å²) in [5, 5.41) is 2.83. The van der Waals surface area contributed by atoms with Crippen LogP contribution in [0.3, 0.4) is 0 Å². The van der Waals surface area contributed by atoms with Crippen LogP contribution in [0.1, 0.15) is 23.1 Å². The maximum Gasteiger partial charge on any atom is 0.339 e. The zero-order valence-corrected chi connectivity index (χ0v) is 18.4. The molecule has 0 atom stereocenters. The number of rotatable bonds is 6. The Hall–Kier alpha value is -4.13. The Labute approximate surface area is 190 Å². The Morgan fingerprint density at radius 1 is 0.939 bits per heavy atom. The highest BCUT2D eigenvalue weighted by atomic mass is 16.5. The van der Waals surface area contributed by atoms with Crippen molar-refractivity contribution in [3.63, 3.8) is 0 Å². The van der Waals surface area contributed by atoms with Gasteiger partial charge in [0.25, 0.3) is 0 Å². The number of aryl methyl sites for hydroxylation is 1. The van der Waals surface area contributed by atoms with Crippen molar-refractivity contribution >= 4 is 33.6 Å². The highest BCUT2D eigenvalue weighted by Crippen LogP contribution is 2.24. The van der Waals surface area contributed by atoms with Crippen LogP contribution in [0, 0.1) is 6.92 Å². The highest BCUT2D eigenvalue weighted by molar-refractivity contribution is 5.91. The van der Waals surface area contributed by atoms with E-state index in [1.165, 1.54) is 0 Å². The molecule has 33 heavy (non-hydrogen) atoms. The van der Waals surface area contributed by atoms with E-state index in [1.54, 1.807) is 19.2 Å². The van der Waals surface area contributed by atoms with Gasteiger partial charge >= 0.3 is 5.63 Å². The van der Waals surface area contributed by atoms with Gasteiger partial charge in [-0.25, -0.2) is 4.79 Å². The van der Waals surface area contributed by atoms with Crippen LogP contribution in [0.2, 0.25) is 0 Å². The van der Waals surface area contributed by atoms with E-state index in [1.807, 2.05) is 55.5 Å². The lowest BCUT2D eigenvalue weighted by molar-refractivity contribution is -0.128. The van der Waals surface area contributed by atoms with Gasteiger partial charge in [0, 0.05) is 23.4 Å². The normalized spacial score (nSPS) is 10.8. The number of carbonyl (C=O) groups is 2. The number of nitrogens with one attached hydrogen (secondary N) is 2. The molecule has 0 fully saturated rings. The summed E-state index contributed by atoms with van der Waals surface area (Å²) in [5.74, 6) is -0.124. The predicted molar refractivity (Wildman–Crippen MR) is 126 cm³/mol. The van der Waals surface area contributed by atoms with Crippen molar-refractivity contribution < 1.29 is 18.7 Å². The number of benzene rings is 3. The fraction of sp³-hybridized carbons (Fsp3) is 0.192. The Balaban J connectivity index is 1.36. The fourth-order valence-electron chi connectivity index (χ4n) is 3.89. The van der Waals surface area contributed by atoms with E-state index >= 15 is 0 Å². The average molecular weight is 444 g/mol. The van der Waals surface area contributed by atoms with Crippen LogP contribution in [0.4, 0.5) is 0 Å². The maximum atomic E-state index is 12.4. The Morgan fingerprint density at radius 3 is 2.52 bits per heavy atom. The number of carbonyl (C=O) groups excluding carboxylic acids is 2. The van der Waals surface area contributed by atoms with Crippen molar-refractivity contribution in [2.75, 3.05) is 7.11 Å². The third kappa shape index (κ3) is 4.87. The number of ether oxygens (including phenoxy) is 1. The van der Waals surface area contributed by atoms with Gasteiger partial charge in [-0.3, -0.25) is 20.4 Å². The number of fused-ring (bicyclic) bond motifs is 2. The first kappa shape index (κ1) is 22.1. The zero-order chi connectivity index (χ0) is 23.4. The average Bonchev–Trinajstić information content (AvgIpc) is 2.82. The minimum atomic E-state index is -0.485. The minimum Gasteiger partial charge on any atom is -0.497 e. The smallest absolute Gasteiger partial charge is 0.339 e. The lowest BCUT2D eigenvalue weighted by Crippen LogP contribution is -2.42. The molecule has 4 aromatic rings. The van der Waals surface area contributed by atoms with Crippen molar-refractivity contribution in [1.29, 1.82) is 0 Å². The molecule has 0 spiro atoms. The van der Waals surface area contributed by atoms with Gasteiger partial charge in [-0.05, 0) is 47.4 Å². The summed E-state index contributed by atoms with van der Waals surface area (Å²) < 4.78 is 10.6. The molecule has 0 aliphatic heterocycles. The first-order valence-corrected chi connectivity index (χ1v) is 10.6. The molecule has 0 unspecified atom stereocenters. The summed E-state index contributed by atoms with van der Waals surface area (Å²) in [6.07, 6.45) is 0.363. The Morgan fingerprint density at radius 2 is 1.70 bits per heavy atom. The van der Waals surface area contributed by atoms with Crippen molar-refractivity contribution in [2.45, 2.75) is 26.2 Å². The first-order valence-electron chi connectivity index (χ1n) is 10.6. The first-order chi connectivity index (χ1) is 16.0. The molecule has 0 radical (unpaired) electrons. The molecule has 2 amide bonds. The maximum absolute atomic E-state index is 12.4. The van der Waals surface area contributed by atoms with Gasteiger partial charge in [-0.15, -0.1) is 0 Å². The molecule has 0 aliphatic rings. The predicted octanol–water partition coefficient (Wildman–Crippen LogP) is 3.59. The second-order valence-corrected chi connectivity index (χ2v) is 7.77. The number of hydrazine groups is 1. The summed E-state index contributed by atoms with van der Waals surface area (Å²) in [4.78, 5) is 37.1. The second-order valence-electron chi connectivity index (χ2n) is 7.77. The molecule has 7 nitrogen and oxygen atoms in total. The summed E-state index contributed by atoms with van der Waals surface area (Å²) in [6, 6.07) is 18.9. The molecule has 4 rings (SSSR count). The van der Waals surface area contributed by atoms with Gasteiger partial charge in [0.15, 0.2) is 0 Å².